The van der Waals surface area contributed by atoms with Gasteiger partial charge in [0.15, 0.2) is 0 Å². The molecule has 248 valence electrons. The van der Waals surface area contributed by atoms with Gasteiger partial charge in [-0.15, -0.1) is 0 Å². The van der Waals surface area contributed by atoms with Crippen LogP contribution < -0.4 is 5.32 Å². The summed E-state index contributed by atoms with van der Waals surface area (Å²) in [5.74, 6) is 1.18. The minimum Gasteiger partial charge on any atom is -0.508 e. The number of hydroxylamine groups is 2. The Balaban J connectivity index is 1.31. The Kier molecular flexibility index (Phi) is 10.6. The van der Waals surface area contributed by atoms with Crippen LogP contribution in [0.3, 0.4) is 0 Å². The van der Waals surface area contributed by atoms with Crippen LogP contribution in [0.5, 0.6) is 5.75 Å². The fraction of sp³-hybridized carbons (Fsp3) is 0.639. The third-order valence-electron chi connectivity index (χ3n) is 11.0. The van der Waals surface area contributed by atoms with Gasteiger partial charge in [0.2, 0.25) is 5.91 Å². The van der Waals surface area contributed by atoms with Gasteiger partial charge in [0.1, 0.15) is 17.9 Å². The van der Waals surface area contributed by atoms with Crippen LogP contribution in [0.1, 0.15) is 57.2 Å². The van der Waals surface area contributed by atoms with Gasteiger partial charge in [-0.25, -0.2) is 0 Å². The predicted octanol–water partition coefficient (Wildman–Crippen LogP) is 3.62. The summed E-state index contributed by atoms with van der Waals surface area (Å²) < 4.78 is 0. The van der Waals surface area contributed by atoms with E-state index in [1.165, 1.54) is 6.42 Å². The number of aromatic hydroxyl groups is 1. The molecule has 3 saturated carbocycles. The van der Waals surface area contributed by atoms with Crippen molar-refractivity contribution in [1.82, 2.24) is 20.2 Å². The summed E-state index contributed by atoms with van der Waals surface area (Å²) in [5.41, 5.74) is 3.50. The number of phenolic OH excluding ortho intramolecular Hbond substituents is 1. The van der Waals surface area contributed by atoms with Crippen molar-refractivity contribution in [1.29, 1.82) is 0 Å². The standard InChI is InChI=1S/C36H54N4O5/c1-23-30-17-28(36(30,3)4)18-31(23)37-35(44)34-33(24(2)42)32(22-41)45-40(34)21-26-10-7-9-25(15-26)19-39(14-13-38(5)6)20-27-11-8-12-29(43)16-27/h7-12,15-16,23-24,28,30-34,41-43H,13-14,17-22H2,1-6H3,(H,37,44)/t23-,24-,28+,30-,31-,32-,33+,34-/m0/s1. The number of likely N-dealkylation sites (N-methyl/N-ethyl adjacent to an activating group) is 1. The molecule has 4 fully saturated rings. The minimum absolute atomic E-state index is 0.0990. The Morgan fingerprint density at radius 1 is 1.07 bits per heavy atom. The number of benzene rings is 2. The van der Waals surface area contributed by atoms with Crippen molar-refractivity contribution < 1.29 is 25.0 Å². The molecular weight excluding hydrogens is 568 g/mol. The summed E-state index contributed by atoms with van der Waals surface area (Å²) >= 11 is 0. The molecule has 1 heterocycles. The molecule has 45 heavy (non-hydrogen) atoms. The molecule has 0 spiro atoms. The monoisotopic (exact) mass is 622 g/mol. The van der Waals surface area contributed by atoms with Crippen LogP contribution >= 0.6 is 0 Å². The first kappa shape index (κ1) is 33.8. The number of amides is 1. The number of phenols is 1. The van der Waals surface area contributed by atoms with E-state index < -0.39 is 24.2 Å². The van der Waals surface area contributed by atoms with Crippen molar-refractivity contribution in [2.75, 3.05) is 33.8 Å². The fourth-order valence-corrected chi connectivity index (χ4v) is 8.22. The number of hydrogen-bond acceptors (Lipinski definition) is 8. The summed E-state index contributed by atoms with van der Waals surface area (Å²) in [6.45, 7) is 11.9. The quantitative estimate of drug-likeness (QED) is 0.269. The molecule has 4 aliphatic rings. The molecule has 2 aromatic rings. The van der Waals surface area contributed by atoms with Gasteiger partial charge in [-0.2, -0.15) is 5.06 Å². The van der Waals surface area contributed by atoms with Crippen molar-refractivity contribution in [2.45, 2.75) is 84.5 Å². The van der Waals surface area contributed by atoms with Crippen LogP contribution in [-0.4, -0.2) is 94.2 Å². The number of rotatable bonds is 13. The van der Waals surface area contributed by atoms with Gasteiger partial charge in [-0.05, 0) is 85.9 Å². The van der Waals surface area contributed by atoms with E-state index in [2.05, 4.69) is 62.1 Å². The third-order valence-corrected chi connectivity index (χ3v) is 11.0. The van der Waals surface area contributed by atoms with Crippen LogP contribution in [0, 0.1) is 29.1 Å². The maximum atomic E-state index is 14.0. The van der Waals surface area contributed by atoms with Crippen LogP contribution in [0.4, 0.5) is 0 Å². The summed E-state index contributed by atoms with van der Waals surface area (Å²) in [7, 11) is 4.13. The first-order valence-electron chi connectivity index (χ1n) is 16.6. The molecule has 3 aliphatic carbocycles. The summed E-state index contributed by atoms with van der Waals surface area (Å²) in [4.78, 5) is 24.7. The van der Waals surface area contributed by atoms with Gasteiger partial charge in [0.05, 0.1) is 19.3 Å². The highest BCUT2D eigenvalue weighted by Crippen LogP contribution is 2.61. The zero-order valence-corrected chi connectivity index (χ0v) is 27.9. The molecule has 1 amide bonds. The second kappa shape index (κ2) is 14.1. The lowest BCUT2D eigenvalue weighted by Crippen LogP contribution is -2.62. The number of hydrogen-bond donors (Lipinski definition) is 4. The molecule has 2 bridgehead atoms. The maximum absolute atomic E-state index is 14.0. The molecular formula is C36H54N4O5. The SMILES string of the molecule is C[C@@H]1[C@@H](NC(=O)[C@@H]2[C@H]([C@H](C)O)[C@H](CO)ON2Cc2cccc(CN(CCN(C)C)Cc3cccc(O)c3)c2)C[C@H]2C[C@@H]1C2(C)C. The Morgan fingerprint density at radius 2 is 1.73 bits per heavy atom. The van der Waals surface area contributed by atoms with Crippen LogP contribution in [0.25, 0.3) is 0 Å². The zero-order chi connectivity index (χ0) is 32.5. The summed E-state index contributed by atoms with van der Waals surface area (Å²) in [6.07, 6.45) is 0.720. The molecule has 0 radical (unpaired) electrons. The van der Waals surface area contributed by atoms with Gasteiger partial charge in [-0.1, -0.05) is 57.2 Å². The number of aliphatic hydroxyl groups is 2. The van der Waals surface area contributed by atoms with Crippen LogP contribution in [0.2, 0.25) is 0 Å². The first-order valence-corrected chi connectivity index (χ1v) is 16.6. The lowest BCUT2D eigenvalue weighted by Gasteiger charge is -2.62. The molecule has 4 N–H and O–H groups in total. The average Bonchev–Trinajstić information content (AvgIpc) is 3.35. The van der Waals surface area contributed by atoms with Gasteiger partial charge >= 0.3 is 0 Å². The average molecular weight is 623 g/mol. The number of carbonyl (C=O) groups excluding carboxylic acids is 1. The second-order valence-electron chi connectivity index (χ2n) is 14.7. The molecule has 6 rings (SSSR count). The highest BCUT2D eigenvalue weighted by atomic mass is 16.7. The van der Waals surface area contributed by atoms with E-state index in [0.29, 0.717) is 36.3 Å². The highest BCUT2D eigenvalue weighted by molar-refractivity contribution is 5.82. The molecule has 9 heteroatoms. The normalized spacial score (nSPS) is 30.0. The third kappa shape index (κ3) is 7.56. The summed E-state index contributed by atoms with van der Waals surface area (Å²) in [6, 6.07) is 15.1. The molecule has 0 unspecified atom stereocenters. The smallest absolute Gasteiger partial charge is 0.240 e. The van der Waals surface area contributed by atoms with Gasteiger partial charge in [-0.3, -0.25) is 14.5 Å². The Morgan fingerprint density at radius 3 is 2.33 bits per heavy atom. The molecule has 1 saturated heterocycles. The van der Waals surface area contributed by atoms with Gasteiger partial charge in [0.25, 0.3) is 0 Å². The van der Waals surface area contributed by atoms with Crippen molar-refractivity contribution >= 4 is 5.91 Å². The number of nitrogens with zero attached hydrogens (tertiary/aromatic N) is 3. The van der Waals surface area contributed by atoms with Crippen LogP contribution in [-0.2, 0) is 29.3 Å². The lowest BCUT2D eigenvalue weighted by atomic mass is 9.45. The van der Waals surface area contributed by atoms with E-state index in [-0.39, 0.29) is 24.3 Å². The Labute approximate surface area is 269 Å². The molecule has 2 aromatic carbocycles. The molecule has 1 aliphatic heterocycles. The van der Waals surface area contributed by atoms with Gasteiger partial charge in [0, 0.05) is 38.1 Å². The highest BCUT2D eigenvalue weighted by Gasteiger charge is 2.57. The topological polar surface area (TPSA) is 109 Å². The molecule has 9 nitrogen and oxygen atoms in total. The van der Waals surface area contributed by atoms with E-state index in [9.17, 15) is 20.1 Å². The van der Waals surface area contributed by atoms with E-state index >= 15 is 0 Å². The number of carbonyl (C=O) groups is 1. The van der Waals surface area contributed by atoms with Crippen molar-refractivity contribution in [2.24, 2.45) is 29.1 Å². The minimum atomic E-state index is -0.826. The van der Waals surface area contributed by atoms with Crippen LogP contribution in [0.15, 0.2) is 48.5 Å². The van der Waals surface area contributed by atoms with E-state index in [1.54, 1.807) is 18.1 Å². The number of nitrogens with one attached hydrogen (secondary N) is 1. The summed E-state index contributed by atoms with van der Waals surface area (Å²) in [5, 5.41) is 36.0. The number of fused-ring (bicyclic) bond motifs is 2. The van der Waals surface area contributed by atoms with Crippen molar-refractivity contribution in [3.05, 3.63) is 65.2 Å². The van der Waals surface area contributed by atoms with Crippen molar-refractivity contribution in [3.8, 4) is 5.75 Å². The van der Waals surface area contributed by atoms with E-state index in [0.717, 1.165) is 42.7 Å². The largest absolute Gasteiger partial charge is 0.508 e. The van der Waals surface area contributed by atoms with E-state index in [1.807, 2.05) is 30.3 Å². The fourth-order valence-electron chi connectivity index (χ4n) is 8.22. The Hall–Kier alpha value is -2.53. The number of aliphatic hydroxyl groups excluding tert-OH is 2. The van der Waals surface area contributed by atoms with Gasteiger partial charge < -0.3 is 25.5 Å². The zero-order valence-electron chi connectivity index (χ0n) is 27.9. The van der Waals surface area contributed by atoms with E-state index in [4.69, 9.17) is 4.84 Å². The first-order chi connectivity index (χ1) is 21.4. The Bertz CT molecular complexity index is 1300. The predicted molar refractivity (Wildman–Crippen MR) is 175 cm³/mol. The second-order valence-corrected chi connectivity index (χ2v) is 14.7. The molecule has 0 aromatic heterocycles. The molecule has 8 atom stereocenters. The maximum Gasteiger partial charge on any atom is 0.240 e. The van der Waals surface area contributed by atoms with Crippen molar-refractivity contribution in [3.63, 3.8) is 0 Å². The lowest BCUT2D eigenvalue weighted by molar-refractivity contribution is -0.183.